The average Bonchev–Trinajstić information content (AvgIpc) is 3.14. The molecule has 0 spiro atoms. The molecule has 2 rings (SSSR count). The first kappa shape index (κ1) is 19.4. The van der Waals surface area contributed by atoms with Crippen molar-refractivity contribution >= 4 is 29.5 Å². The summed E-state index contributed by atoms with van der Waals surface area (Å²) < 4.78 is 5.09. The maximum atomic E-state index is 12.4. The number of amides is 2. The van der Waals surface area contributed by atoms with Crippen LogP contribution >= 0.6 is 0 Å². The molecule has 0 fully saturated rings. The van der Waals surface area contributed by atoms with Gasteiger partial charge in [0.25, 0.3) is 17.5 Å². The van der Waals surface area contributed by atoms with Crippen LogP contribution in [-0.4, -0.2) is 33.9 Å². The zero-order valence-corrected chi connectivity index (χ0v) is 14.0. The maximum absolute atomic E-state index is 12.4. The fourth-order valence-electron chi connectivity index (χ4n) is 1.97. The molecule has 2 aromatic rings. The van der Waals surface area contributed by atoms with Crippen molar-refractivity contribution in [3.05, 3.63) is 69.8 Å². The molecule has 10 nitrogen and oxygen atoms in total. The third-order valence-corrected chi connectivity index (χ3v) is 3.36. The highest BCUT2D eigenvalue weighted by molar-refractivity contribution is 6.06. The number of benzene rings is 1. The van der Waals surface area contributed by atoms with Crippen molar-refractivity contribution in [3.63, 3.8) is 0 Å². The number of hydrogen-bond acceptors (Lipinski definition) is 6. The van der Waals surface area contributed by atoms with E-state index in [1.54, 1.807) is 6.07 Å². The van der Waals surface area contributed by atoms with Crippen molar-refractivity contribution in [1.29, 1.82) is 0 Å². The molecular formula is C17H15N3O7. The molecule has 140 valence electrons. The van der Waals surface area contributed by atoms with Gasteiger partial charge in [-0.2, -0.15) is 0 Å². The Kier molecular flexibility index (Phi) is 6.05. The fourth-order valence-corrected chi connectivity index (χ4v) is 1.97. The molecule has 1 aromatic heterocycles. The molecule has 3 N–H and O–H groups in total. The zero-order chi connectivity index (χ0) is 20.0. The number of carbonyl (C=O) groups is 3. The van der Waals surface area contributed by atoms with Crippen LogP contribution in [0.3, 0.4) is 0 Å². The number of nitro benzene ring substituents is 1. The van der Waals surface area contributed by atoms with Crippen molar-refractivity contribution in [2.75, 3.05) is 0 Å². The van der Waals surface area contributed by atoms with Gasteiger partial charge in [0, 0.05) is 23.8 Å². The Bertz CT molecular complexity index is 903. The van der Waals surface area contributed by atoms with Crippen molar-refractivity contribution < 1.29 is 28.8 Å². The smallest absolute Gasteiger partial charge is 0.325 e. The second-order valence-corrected chi connectivity index (χ2v) is 5.37. The van der Waals surface area contributed by atoms with E-state index in [0.29, 0.717) is 0 Å². The molecule has 10 heteroatoms. The van der Waals surface area contributed by atoms with E-state index in [4.69, 9.17) is 9.52 Å². The lowest BCUT2D eigenvalue weighted by atomic mass is 10.2. The summed E-state index contributed by atoms with van der Waals surface area (Å²) in [6, 6.07) is 6.82. The number of carboxylic acids is 1. The number of non-ortho nitro benzene ring substituents is 1. The average molecular weight is 373 g/mol. The minimum atomic E-state index is -1.26. The van der Waals surface area contributed by atoms with Crippen LogP contribution in [0.25, 0.3) is 6.08 Å². The normalized spacial score (nSPS) is 12.1. The lowest BCUT2D eigenvalue weighted by molar-refractivity contribution is -0.384. The van der Waals surface area contributed by atoms with E-state index < -0.39 is 28.7 Å². The van der Waals surface area contributed by atoms with Crippen LogP contribution in [0.4, 0.5) is 5.69 Å². The van der Waals surface area contributed by atoms with Gasteiger partial charge in [0.05, 0.1) is 11.2 Å². The first-order valence-electron chi connectivity index (χ1n) is 7.62. The van der Waals surface area contributed by atoms with Crippen molar-refractivity contribution in [3.8, 4) is 0 Å². The molecular weight excluding hydrogens is 358 g/mol. The molecule has 0 radical (unpaired) electrons. The number of nitrogens with zero attached hydrogens (tertiary/aromatic N) is 1. The Balaban J connectivity index is 2.27. The quantitative estimate of drug-likeness (QED) is 0.378. The van der Waals surface area contributed by atoms with Crippen molar-refractivity contribution in [2.24, 2.45) is 0 Å². The summed E-state index contributed by atoms with van der Waals surface area (Å²) in [4.78, 5) is 45.8. The highest BCUT2D eigenvalue weighted by Crippen LogP contribution is 2.14. The Morgan fingerprint density at radius 2 is 2.00 bits per heavy atom. The second-order valence-electron chi connectivity index (χ2n) is 5.37. The highest BCUT2D eigenvalue weighted by atomic mass is 16.6. The largest absolute Gasteiger partial charge is 0.480 e. The highest BCUT2D eigenvalue weighted by Gasteiger charge is 2.20. The number of rotatable bonds is 7. The van der Waals surface area contributed by atoms with Gasteiger partial charge in [-0.05, 0) is 25.1 Å². The summed E-state index contributed by atoms with van der Waals surface area (Å²) >= 11 is 0. The Labute approximate surface area is 152 Å². The van der Waals surface area contributed by atoms with Gasteiger partial charge in [-0.3, -0.25) is 24.5 Å². The topological polar surface area (TPSA) is 152 Å². The van der Waals surface area contributed by atoms with Gasteiger partial charge in [-0.15, -0.1) is 0 Å². The molecule has 0 aliphatic rings. The predicted octanol–water partition coefficient (Wildman–Crippen LogP) is 1.55. The number of hydrogen-bond donors (Lipinski definition) is 3. The standard InChI is InChI=1S/C17H15N3O7/c1-10(17(23)24)18-16(22)14(9-13-6-3-7-27-13)19-15(21)11-4-2-5-12(8-11)20(25)26/h2-10H,1H3,(H,18,22)(H,19,21)(H,23,24). The van der Waals surface area contributed by atoms with Gasteiger partial charge < -0.3 is 20.2 Å². The minimum absolute atomic E-state index is 0.0476. The van der Waals surface area contributed by atoms with E-state index in [1.165, 1.54) is 43.5 Å². The fraction of sp³-hybridized carbons (Fsp3) is 0.118. The molecule has 1 heterocycles. The third-order valence-electron chi connectivity index (χ3n) is 3.36. The molecule has 0 aliphatic heterocycles. The van der Waals surface area contributed by atoms with E-state index in [-0.39, 0.29) is 22.7 Å². The van der Waals surface area contributed by atoms with Crippen molar-refractivity contribution in [1.82, 2.24) is 10.6 Å². The van der Waals surface area contributed by atoms with Gasteiger partial charge in [-0.25, -0.2) is 0 Å². The molecule has 1 unspecified atom stereocenters. The van der Waals surface area contributed by atoms with E-state index in [0.717, 1.165) is 6.07 Å². The molecule has 0 saturated heterocycles. The lowest BCUT2D eigenvalue weighted by Crippen LogP contribution is -2.42. The second kappa shape index (κ2) is 8.43. The van der Waals surface area contributed by atoms with E-state index in [9.17, 15) is 24.5 Å². The Morgan fingerprint density at radius 3 is 2.59 bits per heavy atom. The van der Waals surface area contributed by atoms with Gasteiger partial charge in [0.2, 0.25) is 0 Å². The SMILES string of the molecule is CC(NC(=O)C(=Cc1ccco1)NC(=O)c1cccc([N+](=O)[O-])c1)C(=O)O. The van der Waals surface area contributed by atoms with Crippen molar-refractivity contribution in [2.45, 2.75) is 13.0 Å². The van der Waals surface area contributed by atoms with Gasteiger partial charge in [-0.1, -0.05) is 6.07 Å². The number of nitrogens with one attached hydrogen (secondary N) is 2. The van der Waals surface area contributed by atoms with E-state index >= 15 is 0 Å². The summed E-state index contributed by atoms with van der Waals surface area (Å²) in [6.07, 6.45) is 2.56. The third kappa shape index (κ3) is 5.26. The van der Waals surface area contributed by atoms with Crippen LogP contribution in [-0.2, 0) is 9.59 Å². The molecule has 27 heavy (non-hydrogen) atoms. The monoisotopic (exact) mass is 373 g/mol. The molecule has 2 amide bonds. The minimum Gasteiger partial charge on any atom is -0.480 e. The maximum Gasteiger partial charge on any atom is 0.325 e. The molecule has 1 aromatic carbocycles. The first-order chi connectivity index (χ1) is 12.8. The predicted molar refractivity (Wildman–Crippen MR) is 92.5 cm³/mol. The molecule has 0 aliphatic carbocycles. The van der Waals surface area contributed by atoms with Gasteiger partial charge in [0.1, 0.15) is 17.5 Å². The van der Waals surface area contributed by atoms with Gasteiger partial charge >= 0.3 is 5.97 Å². The number of furan rings is 1. The van der Waals surface area contributed by atoms with E-state index in [1.807, 2.05) is 0 Å². The number of aliphatic carboxylic acids is 1. The van der Waals surface area contributed by atoms with Crippen LogP contribution in [0.2, 0.25) is 0 Å². The summed E-state index contributed by atoms with van der Waals surface area (Å²) in [6.45, 7) is 1.26. The van der Waals surface area contributed by atoms with Crippen LogP contribution < -0.4 is 10.6 Å². The lowest BCUT2D eigenvalue weighted by Gasteiger charge is -2.13. The van der Waals surface area contributed by atoms with Crippen LogP contribution in [0, 0.1) is 10.1 Å². The van der Waals surface area contributed by atoms with Gasteiger partial charge in [0.15, 0.2) is 0 Å². The van der Waals surface area contributed by atoms with Crippen LogP contribution in [0.5, 0.6) is 0 Å². The Morgan fingerprint density at radius 1 is 1.26 bits per heavy atom. The first-order valence-corrected chi connectivity index (χ1v) is 7.62. The Hall–Kier alpha value is -3.95. The van der Waals surface area contributed by atoms with Crippen LogP contribution in [0.1, 0.15) is 23.0 Å². The van der Waals surface area contributed by atoms with Crippen LogP contribution in [0.15, 0.2) is 52.8 Å². The van der Waals surface area contributed by atoms with E-state index in [2.05, 4.69) is 10.6 Å². The summed E-state index contributed by atoms with van der Waals surface area (Å²) in [5.41, 5.74) is -0.619. The number of carbonyl (C=O) groups excluding carboxylic acids is 2. The molecule has 1 atom stereocenters. The zero-order valence-electron chi connectivity index (χ0n) is 14.0. The number of carboxylic acid groups (broad SMARTS) is 1. The number of nitro groups is 1. The summed E-state index contributed by atoms with van der Waals surface area (Å²) in [5.74, 6) is -2.66. The summed E-state index contributed by atoms with van der Waals surface area (Å²) in [5, 5.41) is 24.3. The molecule has 0 bridgehead atoms. The summed E-state index contributed by atoms with van der Waals surface area (Å²) in [7, 11) is 0. The molecule has 0 saturated carbocycles.